The Kier molecular flexibility index (Phi) is 4.58. The van der Waals surface area contributed by atoms with Gasteiger partial charge in [-0.1, -0.05) is 44.9 Å². The Labute approximate surface area is 121 Å². The molecule has 0 heterocycles. The molecule has 0 saturated heterocycles. The van der Waals surface area contributed by atoms with Crippen LogP contribution >= 0.6 is 11.8 Å². The molecule has 1 fully saturated rings. The van der Waals surface area contributed by atoms with Crippen molar-refractivity contribution in [3.63, 3.8) is 0 Å². The summed E-state index contributed by atoms with van der Waals surface area (Å²) in [5, 5.41) is 9.60. The molecule has 0 aliphatic heterocycles. The minimum Gasteiger partial charge on any atom is -0.197 e. The molecule has 102 valence electrons. The summed E-state index contributed by atoms with van der Waals surface area (Å²) in [7, 11) is 0. The Hall–Kier alpha value is -0.940. The molecule has 0 N–H and O–H groups in total. The average molecular weight is 273 g/mol. The van der Waals surface area contributed by atoms with Crippen LogP contribution in [0.4, 0.5) is 0 Å². The summed E-state index contributed by atoms with van der Waals surface area (Å²) in [6, 6.07) is 13.0. The monoisotopic (exact) mass is 273 g/mol. The Morgan fingerprint density at radius 1 is 1.11 bits per heavy atom. The summed E-state index contributed by atoms with van der Waals surface area (Å²) in [6.45, 7) is 4.52. The lowest BCUT2D eigenvalue weighted by Crippen LogP contribution is -2.48. The third-order valence-corrected chi connectivity index (χ3v) is 5.42. The first-order chi connectivity index (χ1) is 9.17. The van der Waals surface area contributed by atoms with Crippen LogP contribution < -0.4 is 0 Å². The number of hydrogen-bond acceptors (Lipinski definition) is 2. The maximum absolute atomic E-state index is 9.60. The van der Waals surface area contributed by atoms with Crippen LogP contribution in [0.3, 0.4) is 0 Å². The molecule has 0 atom stereocenters. The van der Waals surface area contributed by atoms with Crippen LogP contribution in [0, 0.1) is 16.7 Å². The minimum absolute atomic E-state index is 0.175. The van der Waals surface area contributed by atoms with Crippen molar-refractivity contribution in [3.05, 3.63) is 30.3 Å². The fourth-order valence-electron chi connectivity index (χ4n) is 3.59. The van der Waals surface area contributed by atoms with Gasteiger partial charge in [-0.05, 0) is 43.2 Å². The molecule has 2 heteroatoms. The lowest BCUT2D eigenvalue weighted by molar-refractivity contribution is 0.0831. The van der Waals surface area contributed by atoms with Crippen molar-refractivity contribution in [2.45, 2.75) is 62.0 Å². The highest BCUT2D eigenvalue weighted by molar-refractivity contribution is 8.01. The van der Waals surface area contributed by atoms with E-state index in [1.807, 2.05) is 6.07 Å². The number of nitrogens with zero attached hydrogens (tertiary/aromatic N) is 1. The van der Waals surface area contributed by atoms with Crippen LogP contribution in [0.2, 0.25) is 0 Å². The van der Waals surface area contributed by atoms with Crippen LogP contribution in [-0.4, -0.2) is 4.75 Å². The molecule has 1 aromatic rings. The highest BCUT2D eigenvalue weighted by atomic mass is 32.2. The predicted octanol–water partition coefficient (Wildman–Crippen LogP) is 5.42. The molecule has 2 rings (SSSR count). The van der Waals surface area contributed by atoms with Crippen LogP contribution in [0.25, 0.3) is 0 Å². The van der Waals surface area contributed by atoms with E-state index in [1.165, 1.54) is 30.6 Å². The highest BCUT2D eigenvalue weighted by Gasteiger charge is 2.54. The lowest BCUT2D eigenvalue weighted by Gasteiger charge is -2.53. The molecule has 1 saturated carbocycles. The van der Waals surface area contributed by atoms with E-state index >= 15 is 0 Å². The third kappa shape index (κ3) is 3.15. The number of thioether (sulfide) groups is 1. The normalized spacial score (nSPS) is 19.4. The molecule has 0 amide bonds. The highest BCUT2D eigenvalue weighted by Crippen LogP contribution is 2.61. The number of hydrogen-bond donors (Lipinski definition) is 0. The Bertz CT molecular complexity index is 432. The first-order valence-corrected chi connectivity index (χ1v) is 8.14. The van der Waals surface area contributed by atoms with Crippen molar-refractivity contribution in [2.24, 2.45) is 5.41 Å². The average Bonchev–Trinajstić information content (AvgIpc) is 2.38. The second-order valence-electron chi connectivity index (χ2n) is 5.87. The van der Waals surface area contributed by atoms with E-state index in [9.17, 15) is 5.26 Å². The summed E-state index contributed by atoms with van der Waals surface area (Å²) in [5.74, 6) is 0. The van der Waals surface area contributed by atoms with Gasteiger partial charge in [-0.25, -0.2) is 0 Å². The van der Waals surface area contributed by atoms with Crippen molar-refractivity contribution >= 4 is 11.8 Å². The van der Waals surface area contributed by atoms with E-state index in [4.69, 9.17) is 0 Å². The van der Waals surface area contributed by atoms with Crippen molar-refractivity contribution in [2.75, 3.05) is 0 Å². The van der Waals surface area contributed by atoms with E-state index in [0.29, 0.717) is 5.41 Å². The van der Waals surface area contributed by atoms with Gasteiger partial charge in [0.15, 0.2) is 0 Å². The molecule has 1 aromatic carbocycles. The zero-order valence-corrected chi connectivity index (χ0v) is 12.8. The molecular formula is C17H23NS. The minimum atomic E-state index is -0.175. The van der Waals surface area contributed by atoms with Gasteiger partial charge in [0, 0.05) is 4.90 Å². The van der Waals surface area contributed by atoms with Gasteiger partial charge in [0.25, 0.3) is 0 Å². The second kappa shape index (κ2) is 6.01. The molecule has 19 heavy (non-hydrogen) atoms. The molecule has 0 aromatic heterocycles. The van der Waals surface area contributed by atoms with Crippen LogP contribution in [0.15, 0.2) is 35.2 Å². The molecular weight excluding hydrogens is 250 g/mol. The van der Waals surface area contributed by atoms with Crippen molar-refractivity contribution in [3.8, 4) is 6.07 Å². The quantitative estimate of drug-likeness (QED) is 0.691. The van der Waals surface area contributed by atoms with Gasteiger partial charge in [0.05, 0.1) is 6.07 Å². The lowest BCUT2D eigenvalue weighted by atomic mass is 9.58. The molecule has 0 unspecified atom stereocenters. The van der Waals surface area contributed by atoms with E-state index in [-0.39, 0.29) is 4.75 Å². The fourth-order valence-corrected chi connectivity index (χ4v) is 5.13. The van der Waals surface area contributed by atoms with Crippen LogP contribution in [0.1, 0.15) is 52.4 Å². The number of nitriles is 1. The molecule has 1 nitrogen and oxygen atoms in total. The van der Waals surface area contributed by atoms with Gasteiger partial charge in [-0.15, -0.1) is 11.8 Å². The Morgan fingerprint density at radius 3 is 2.16 bits per heavy atom. The predicted molar refractivity (Wildman–Crippen MR) is 82.1 cm³/mol. The Balaban J connectivity index is 2.06. The van der Waals surface area contributed by atoms with E-state index < -0.39 is 0 Å². The van der Waals surface area contributed by atoms with Gasteiger partial charge in [-0.3, -0.25) is 0 Å². The van der Waals surface area contributed by atoms with E-state index in [2.05, 4.69) is 44.2 Å². The first kappa shape index (κ1) is 14.5. The van der Waals surface area contributed by atoms with Crippen LogP contribution in [0.5, 0.6) is 0 Å². The zero-order chi connectivity index (χ0) is 13.8. The first-order valence-electron chi connectivity index (χ1n) is 7.33. The maximum Gasteiger partial charge on any atom is 0.108 e. The largest absolute Gasteiger partial charge is 0.197 e. The van der Waals surface area contributed by atoms with Gasteiger partial charge in [0.2, 0.25) is 0 Å². The number of rotatable bonds is 6. The van der Waals surface area contributed by atoms with E-state index in [1.54, 1.807) is 11.8 Å². The zero-order valence-electron chi connectivity index (χ0n) is 12.0. The van der Waals surface area contributed by atoms with Crippen molar-refractivity contribution in [1.82, 2.24) is 0 Å². The van der Waals surface area contributed by atoms with Gasteiger partial charge < -0.3 is 0 Å². The Morgan fingerprint density at radius 2 is 1.68 bits per heavy atom. The molecule has 0 bridgehead atoms. The van der Waals surface area contributed by atoms with Gasteiger partial charge >= 0.3 is 0 Å². The molecule has 0 spiro atoms. The van der Waals surface area contributed by atoms with Gasteiger partial charge in [-0.2, -0.15) is 5.26 Å². The van der Waals surface area contributed by atoms with E-state index in [0.717, 1.165) is 12.8 Å². The van der Waals surface area contributed by atoms with Crippen molar-refractivity contribution < 1.29 is 0 Å². The smallest absolute Gasteiger partial charge is 0.108 e. The number of benzene rings is 1. The molecule has 0 radical (unpaired) electrons. The van der Waals surface area contributed by atoms with Gasteiger partial charge in [0.1, 0.15) is 4.75 Å². The summed E-state index contributed by atoms with van der Waals surface area (Å²) in [6.07, 6.45) is 7.16. The SMILES string of the molecule is CCCC1(CCC)CC(C#N)(Sc2ccccc2)C1. The fraction of sp³-hybridized carbons (Fsp3) is 0.588. The third-order valence-electron chi connectivity index (χ3n) is 4.14. The maximum atomic E-state index is 9.60. The standard InChI is InChI=1S/C17H23NS/c1-3-10-16(11-4-2)12-17(13-16,14-18)19-15-8-6-5-7-9-15/h5-9H,3-4,10-13H2,1-2H3. The molecule has 1 aliphatic carbocycles. The summed E-state index contributed by atoms with van der Waals surface area (Å²) >= 11 is 1.77. The second-order valence-corrected chi connectivity index (χ2v) is 7.33. The topological polar surface area (TPSA) is 23.8 Å². The van der Waals surface area contributed by atoms with Crippen LogP contribution in [-0.2, 0) is 0 Å². The summed E-state index contributed by atoms with van der Waals surface area (Å²) in [4.78, 5) is 1.23. The summed E-state index contributed by atoms with van der Waals surface area (Å²) in [5.41, 5.74) is 0.445. The summed E-state index contributed by atoms with van der Waals surface area (Å²) < 4.78 is -0.175. The molecule has 1 aliphatic rings. The van der Waals surface area contributed by atoms with Crippen molar-refractivity contribution in [1.29, 1.82) is 5.26 Å².